The largest absolute Gasteiger partial charge is 0.492 e. The van der Waals surface area contributed by atoms with Gasteiger partial charge in [-0.25, -0.2) is 0 Å². The second-order valence-electron chi connectivity index (χ2n) is 3.34. The molecule has 1 aromatic rings. The minimum atomic E-state index is 0.723. The molecule has 0 saturated carbocycles. The van der Waals surface area contributed by atoms with E-state index in [2.05, 4.69) is 18.5 Å². The van der Waals surface area contributed by atoms with Gasteiger partial charge in [-0.2, -0.15) is 11.8 Å². The molecule has 0 aliphatic carbocycles. The molecular weight excluding hydrogens is 242 g/mol. The summed E-state index contributed by atoms with van der Waals surface area (Å²) in [5.41, 5.74) is 1.05. The quantitative estimate of drug-likeness (QED) is 0.760. The van der Waals surface area contributed by atoms with Crippen LogP contribution in [0.3, 0.4) is 0 Å². The highest BCUT2D eigenvalue weighted by atomic mass is 35.5. The number of benzene rings is 1. The Morgan fingerprint density at radius 2 is 2.25 bits per heavy atom. The van der Waals surface area contributed by atoms with Gasteiger partial charge in [-0.3, -0.25) is 0 Å². The van der Waals surface area contributed by atoms with Gasteiger partial charge >= 0.3 is 0 Å². The summed E-state index contributed by atoms with van der Waals surface area (Å²) in [5.74, 6) is 1.88. The molecule has 0 atom stereocenters. The maximum Gasteiger partial charge on any atom is 0.125 e. The fourth-order valence-corrected chi connectivity index (χ4v) is 1.81. The van der Waals surface area contributed by atoms with Gasteiger partial charge in [-0.15, -0.1) is 0 Å². The molecule has 0 aromatic heterocycles. The molecule has 0 bridgehead atoms. The molecule has 1 N–H and O–H groups in total. The van der Waals surface area contributed by atoms with Gasteiger partial charge in [0.05, 0.1) is 6.61 Å². The van der Waals surface area contributed by atoms with Gasteiger partial charge < -0.3 is 10.1 Å². The molecule has 0 spiro atoms. The Bertz CT molecular complexity index is 320. The minimum absolute atomic E-state index is 0.723. The molecule has 0 aliphatic heterocycles. The Morgan fingerprint density at radius 3 is 2.94 bits per heavy atom. The average Bonchev–Trinajstić information content (AvgIpc) is 2.28. The van der Waals surface area contributed by atoms with Crippen LogP contribution in [-0.2, 0) is 6.54 Å². The molecule has 0 aliphatic rings. The summed E-state index contributed by atoms with van der Waals surface area (Å²) in [4.78, 5) is 0. The second kappa shape index (κ2) is 7.82. The van der Waals surface area contributed by atoms with E-state index in [1.807, 2.05) is 18.2 Å². The van der Waals surface area contributed by atoms with Crippen LogP contribution < -0.4 is 10.1 Å². The van der Waals surface area contributed by atoms with Crippen LogP contribution in [0.25, 0.3) is 0 Å². The van der Waals surface area contributed by atoms with Gasteiger partial charge in [0, 0.05) is 22.9 Å². The van der Waals surface area contributed by atoms with Gasteiger partial charge in [-0.05, 0) is 24.9 Å². The molecule has 2 nitrogen and oxygen atoms in total. The lowest BCUT2D eigenvalue weighted by atomic mass is 10.2. The third-order valence-corrected chi connectivity index (χ3v) is 3.10. The van der Waals surface area contributed by atoms with Gasteiger partial charge in [0.1, 0.15) is 5.75 Å². The van der Waals surface area contributed by atoms with Crippen LogP contribution >= 0.6 is 23.4 Å². The van der Waals surface area contributed by atoms with Gasteiger partial charge in [-0.1, -0.05) is 24.6 Å². The van der Waals surface area contributed by atoms with E-state index in [1.165, 1.54) is 0 Å². The van der Waals surface area contributed by atoms with Crippen molar-refractivity contribution in [3.8, 4) is 5.75 Å². The zero-order valence-electron chi connectivity index (χ0n) is 9.75. The molecule has 1 aromatic carbocycles. The molecule has 1 rings (SSSR count). The van der Waals surface area contributed by atoms with E-state index in [0.29, 0.717) is 0 Å². The van der Waals surface area contributed by atoms with Crippen molar-refractivity contribution in [1.29, 1.82) is 0 Å². The van der Waals surface area contributed by atoms with E-state index >= 15 is 0 Å². The van der Waals surface area contributed by atoms with Crippen molar-refractivity contribution in [3.63, 3.8) is 0 Å². The van der Waals surface area contributed by atoms with Gasteiger partial charge in [0.15, 0.2) is 0 Å². The monoisotopic (exact) mass is 259 g/mol. The number of nitrogens with one attached hydrogen (secondary N) is 1. The Labute approximate surface area is 107 Å². The molecule has 16 heavy (non-hydrogen) atoms. The lowest BCUT2D eigenvalue weighted by Crippen LogP contribution is -2.13. The number of rotatable bonds is 7. The van der Waals surface area contributed by atoms with Crippen LogP contribution in [0.15, 0.2) is 18.2 Å². The van der Waals surface area contributed by atoms with Crippen molar-refractivity contribution >= 4 is 23.4 Å². The van der Waals surface area contributed by atoms with Crippen LogP contribution in [0.4, 0.5) is 0 Å². The molecule has 0 saturated heterocycles. The van der Waals surface area contributed by atoms with Crippen LogP contribution in [0.1, 0.15) is 12.5 Å². The average molecular weight is 260 g/mol. The molecule has 0 heterocycles. The Hall–Kier alpha value is -0.380. The number of hydrogen-bond acceptors (Lipinski definition) is 3. The minimum Gasteiger partial charge on any atom is -0.492 e. The highest BCUT2D eigenvalue weighted by molar-refractivity contribution is 7.98. The Kier molecular flexibility index (Phi) is 6.69. The summed E-state index contributed by atoms with van der Waals surface area (Å²) in [7, 11) is 0. The first kappa shape index (κ1) is 13.7. The van der Waals surface area contributed by atoms with Gasteiger partial charge in [0.2, 0.25) is 0 Å². The number of halogens is 1. The number of thioether (sulfide) groups is 1. The van der Waals surface area contributed by atoms with Crippen molar-refractivity contribution in [1.82, 2.24) is 5.32 Å². The standard InChI is InChI=1S/C12H18ClNOS/c1-3-14-9-10-11(13)5-4-6-12(10)15-7-8-16-2/h4-6,14H,3,7-9H2,1-2H3. The summed E-state index contributed by atoms with van der Waals surface area (Å²) < 4.78 is 5.71. The van der Waals surface area contributed by atoms with E-state index in [4.69, 9.17) is 16.3 Å². The highest BCUT2D eigenvalue weighted by Gasteiger charge is 2.07. The van der Waals surface area contributed by atoms with Crippen LogP contribution in [-0.4, -0.2) is 25.2 Å². The SMILES string of the molecule is CCNCc1c(Cl)cccc1OCCSC. The van der Waals surface area contributed by atoms with Crippen LogP contribution in [0, 0.1) is 0 Å². The zero-order valence-corrected chi connectivity index (χ0v) is 11.3. The molecule has 0 amide bonds. The normalized spacial score (nSPS) is 10.4. The van der Waals surface area contributed by atoms with Crippen molar-refractivity contribution in [2.45, 2.75) is 13.5 Å². The Morgan fingerprint density at radius 1 is 1.44 bits per heavy atom. The highest BCUT2D eigenvalue weighted by Crippen LogP contribution is 2.26. The molecule has 0 fully saturated rings. The smallest absolute Gasteiger partial charge is 0.125 e. The molecule has 0 unspecified atom stereocenters. The molecule has 4 heteroatoms. The van der Waals surface area contributed by atoms with E-state index in [1.54, 1.807) is 11.8 Å². The predicted molar refractivity (Wildman–Crippen MR) is 72.7 cm³/mol. The van der Waals surface area contributed by atoms with Crippen molar-refractivity contribution in [3.05, 3.63) is 28.8 Å². The molecule has 0 radical (unpaired) electrons. The summed E-state index contributed by atoms with van der Waals surface area (Å²) >= 11 is 7.93. The summed E-state index contributed by atoms with van der Waals surface area (Å²) in [5, 5.41) is 4.03. The molecular formula is C12H18ClNOS. The number of hydrogen-bond donors (Lipinski definition) is 1. The van der Waals surface area contributed by atoms with E-state index in [0.717, 1.165) is 41.8 Å². The van der Waals surface area contributed by atoms with Crippen LogP contribution in [0.5, 0.6) is 5.75 Å². The lowest BCUT2D eigenvalue weighted by Gasteiger charge is -2.12. The maximum absolute atomic E-state index is 6.15. The summed E-state index contributed by atoms with van der Waals surface area (Å²) in [6.07, 6.45) is 2.07. The predicted octanol–water partition coefficient (Wildman–Crippen LogP) is 3.19. The lowest BCUT2D eigenvalue weighted by molar-refractivity contribution is 0.339. The van der Waals surface area contributed by atoms with E-state index in [9.17, 15) is 0 Å². The third kappa shape index (κ3) is 4.24. The Balaban J connectivity index is 2.68. The van der Waals surface area contributed by atoms with Crippen LogP contribution in [0.2, 0.25) is 5.02 Å². The fourth-order valence-electron chi connectivity index (χ4n) is 1.33. The summed E-state index contributed by atoms with van der Waals surface area (Å²) in [6, 6.07) is 5.79. The van der Waals surface area contributed by atoms with Crippen molar-refractivity contribution in [2.75, 3.05) is 25.2 Å². The fraction of sp³-hybridized carbons (Fsp3) is 0.500. The van der Waals surface area contributed by atoms with Crippen molar-refractivity contribution < 1.29 is 4.74 Å². The van der Waals surface area contributed by atoms with Gasteiger partial charge in [0.25, 0.3) is 0 Å². The topological polar surface area (TPSA) is 21.3 Å². The first-order chi connectivity index (χ1) is 7.79. The first-order valence-corrected chi connectivity index (χ1v) is 7.16. The summed E-state index contributed by atoms with van der Waals surface area (Å²) in [6.45, 7) is 4.48. The maximum atomic E-state index is 6.15. The number of ether oxygens (including phenoxy) is 1. The third-order valence-electron chi connectivity index (χ3n) is 2.17. The first-order valence-electron chi connectivity index (χ1n) is 5.39. The molecule has 90 valence electrons. The van der Waals surface area contributed by atoms with E-state index < -0.39 is 0 Å². The second-order valence-corrected chi connectivity index (χ2v) is 4.73. The zero-order chi connectivity index (χ0) is 11.8. The van der Waals surface area contributed by atoms with Crippen molar-refractivity contribution in [2.24, 2.45) is 0 Å². The van der Waals surface area contributed by atoms with E-state index in [-0.39, 0.29) is 0 Å².